The van der Waals surface area contributed by atoms with Gasteiger partial charge in [0.2, 0.25) is 0 Å². The summed E-state index contributed by atoms with van der Waals surface area (Å²) in [6.45, 7) is 14.4. The lowest BCUT2D eigenvalue weighted by Crippen LogP contribution is -2.37. The minimum absolute atomic E-state index is 0.101. The highest BCUT2D eigenvalue weighted by Crippen LogP contribution is 2.24. The Morgan fingerprint density at radius 2 is 2.21 bits per heavy atom. The van der Waals surface area contributed by atoms with Crippen LogP contribution in [0.5, 0.6) is 0 Å². The number of aliphatic imine (C=N–C) groups is 1. The van der Waals surface area contributed by atoms with Gasteiger partial charge in [-0.25, -0.2) is 9.98 Å². The molecular weight excluding hydrogens is 256 g/mol. The summed E-state index contributed by atoms with van der Waals surface area (Å²) in [6, 6.07) is 0. The van der Waals surface area contributed by atoms with Crippen LogP contribution in [0.3, 0.4) is 0 Å². The zero-order valence-electron chi connectivity index (χ0n) is 12.3. The lowest BCUT2D eigenvalue weighted by molar-refractivity contribution is 0.571. The first-order chi connectivity index (χ1) is 8.97. The number of thiazole rings is 1. The lowest BCUT2D eigenvalue weighted by atomic mass is 9.93. The van der Waals surface area contributed by atoms with Gasteiger partial charge in [-0.2, -0.15) is 0 Å². The maximum atomic E-state index is 4.63. The quantitative estimate of drug-likeness (QED) is 0.495. The molecule has 0 radical (unpaired) electrons. The zero-order valence-corrected chi connectivity index (χ0v) is 13.1. The maximum Gasteiger partial charge on any atom is 0.191 e. The van der Waals surface area contributed by atoms with Gasteiger partial charge in [-0.05, 0) is 6.92 Å². The van der Waals surface area contributed by atoms with Gasteiger partial charge in [-0.3, -0.25) is 0 Å². The van der Waals surface area contributed by atoms with E-state index in [2.05, 4.69) is 53.3 Å². The standard InChI is InChI=1S/C14H24N4S/c1-6-8-16-13(15-7-2)17-9-12-18-11(10-19-12)14(3,4)5/h6,10H,1,7-9H2,2-5H3,(H2,15,16,17). The SMILES string of the molecule is C=CCNC(=NCc1nc(C(C)(C)C)cs1)NCC. The predicted octanol–water partition coefficient (Wildman–Crippen LogP) is 2.68. The van der Waals surface area contributed by atoms with Crippen molar-refractivity contribution < 1.29 is 0 Å². The topological polar surface area (TPSA) is 49.3 Å². The van der Waals surface area contributed by atoms with Crippen LogP contribution < -0.4 is 10.6 Å². The van der Waals surface area contributed by atoms with Gasteiger partial charge in [0.15, 0.2) is 5.96 Å². The first-order valence-electron chi connectivity index (χ1n) is 6.55. The molecule has 0 atom stereocenters. The van der Waals surface area contributed by atoms with Gasteiger partial charge in [-0.15, -0.1) is 17.9 Å². The molecular formula is C14H24N4S. The second-order valence-corrected chi connectivity index (χ2v) is 6.18. The van der Waals surface area contributed by atoms with E-state index < -0.39 is 0 Å². The molecule has 0 amide bonds. The minimum Gasteiger partial charge on any atom is -0.357 e. The fraction of sp³-hybridized carbons (Fsp3) is 0.571. The molecule has 0 spiro atoms. The molecule has 4 nitrogen and oxygen atoms in total. The highest BCUT2D eigenvalue weighted by atomic mass is 32.1. The van der Waals surface area contributed by atoms with Crippen molar-refractivity contribution >= 4 is 17.3 Å². The van der Waals surface area contributed by atoms with Crippen molar-refractivity contribution in [2.24, 2.45) is 4.99 Å². The maximum absolute atomic E-state index is 4.63. The predicted molar refractivity (Wildman–Crippen MR) is 83.8 cm³/mol. The van der Waals surface area contributed by atoms with Crippen molar-refractivity contribution in [1.82, 2.24) is 15.6 Å². The Morgan fingerprint density at radius 3 is 2.74 bits per heavy atom. The summed E-state index contributed by atoms with van der Waals surface area (Å²) in [6.07, 6.45) is 1.81. The summed E-state index contributed by atoms with van der Waals surface area (Å²) in [5, 5.41) is 9.53. The van der Waals surface area contributed by atoms with Gasteiger partial charge in [0.1, 0.15) is 5.01 Å². The van der Waals surface area contributed by atoms with Crippen molar-refractivity contribution in [1.29, 1.82) is 0 Å². The van der Waals surface area contributed by atoms with E-state index in [9.17, 15) is 0 Å². The van der Waals surface area contributed by atoms with Crippen LogP contribution in [0.4, 0.5) is 0 Å². The number of aromatic nitrogens is 1. The van der Waals surface area contributed by atoms with Gasteiger partial charge in [0, 0.05) is 23.9 Å². The molecule has 0 aliphatic heterocycles. The highest BCUT2D eigenvalue weighted by molar-refractivity contribution is 7.09. The van der Waals surface area contributed by atoms with Crippen LogP contribution in [0.25, 0.3) is 0 Å². The highest BCUT2D eigenvalue weighted by Gasteiger charge is 2.17. The molecule has 0 fully saturated rings. The Bertz CT molecular complexity index is 429. The minimum atomic E-state index is 0.101. The average Bonchev–Trinajstić information content (AvgIpc) is 2.81. The normalized spacial score (nSPS) is 12.3. The second kappa shape index (κ2) is 7.28. The fourth-order valence-corrected chi connectivity index (χ4v) is 2.33. The van der Waals surface area contributed by atoms with Gasteiger partial charge in [0.25, 0.3) is 0 Å². The molecule has 1 aromatic heterocycles. The molecule has 19 heavy (non-hydrogen) atoms. The summed E-state index contributed by atoms with van der Waals surface area (Å²) >= 11 is 1.67. The Kier molecular flexibility index (Phi) is 6.02. The van der Waals surface area contributed by atoms with Crippen LogP contribution in [0.2, 0.25) is 0 Å². The van der Waals surface area contributed by atoms with E-state index in [-0.39, 0.29) is 5.41 Å². The van der Waals surface area contributed by atoms with E-state index in [0.29, 0.717) is 13.1 Å². The number of nitrogens with one attached hydrogen (secondary N) is 2. The van der Waals surface area contributed by atoms with Crippen LogP contribution >= 0.6 is 11.3 Å². The third kappa shape index (κ3) is 5.42. The average molecular weight is 280 g/mol. The molecule has 0 saturated heterocycles. The van der Waals surface area contributed by atoms with E-state index in [4.69, 9.17) is 0 Å². The molecule has 0 aliphatic rings. The van der Waals surface area contributed by atoms with Crippen molar-refractivity contribution in [3.63, 3.8) is 0 Å². The van der Waals surface area contributed by atoms with Crippen LogP contribution in [0, 0.1) is 0 Å². The Hall–Kier alpha value is -1.36. The van der Waals surface area contributed by atoms with E-state index >= 15 is 0 Å². The number of guanidine groups is 1. The molecule has 0 aliphatic carbocycles. The first kappa shape index (κ1) is 15.7. The zero-order chi connectivity index (χ0) is 14.3. The second-order valence-electron chi connectivity index (χ2n) is 5.24. The molecule has 0 unspecified atom stereocenters. The molecule has 106 valence electrons. The summed E-state index contributed by atoms with van der Waals surface area (Å²) in [5.74, 6) is 0.801. The van der Waals surface area contributed by atoms with Gasteiger partial charge in [-0.1, -0.05) is 26.8 Å². The van der Waals surface area contributed by atoms with E-state index in [1.165, 1.54) is 0 Å². The Labute approximate surface area is 120 Å². The monoisotopic (exact) mass is 280 g/mol. The van der Waals surface area contributed by atoms with Crippen molar-refractivity contribution in [3.05, 3.63) is 28.7 Å². The van der Waals surface area contributed by atoms with Gasteiger partial charge in [0.05, 0.1) is 12.2 Å². The summed E-state index contributed by atoms with van der Waals surface area (Å²) < 4.78 is 0. The van der Waals surface area contributed by atoms with Crippen molar-refractivity contribution in [3.8, 4) is 0 Å². The number of hydrogen-bond donors (Lipinski definition) is 2. The summed E-state index contributed by atoms with van der Waals surface area (Å²) in [5.41, 5.74) is 1.23. The molecule has 1 aromatic rings. The largest absolute Gasteiger partial charge is 0.357 e. The summed E-state index contributed by atoms with van der Waals surface area (Å²) in [7, 11) is 0. The molecule has 0 saturated carbocycles. The fourth-order valence-electron chi connectivity index (χ4n) is 1.39. The van der Waals surface area contributed by atoms with Crippen LogP contribution in [-0.4, -0.2) is 24.0 Å². The molecule has 0 aromatic carbocycles. The molecule has 0 bridgehead atoms. The third-order valence-corrected chi connectivity index (χ3v) is 3.28. The molecule has 5 heteroatoms. The van der Waals surface area contributed by atoms with Crippen LogP contribution in [0.1, 0.15) is 38.4 Å². The number of rotatable bonds is 5. The summed E-state index contributed by atoms with van der Waals surface area (Å²) in [4.78, 5) is 9.14. The first-order valence-corrected chi connectivity index (χ1v) is 7.43. The number of hydrogen-bond acceptors (Lipinski definition) is 3. The van der Waals surface area contributed by atoms with E-state index in [1.807, 2.05) is 13.0 Å². The Morgan fingerprint density at radius 1 is 1.47 bits per heavy atom. The van der Waals surface area contributed by atoms with Crippen LogP contribution in [0.15, 0.2) is 23.0 Å². The molecule has 2 N–H and O–H groups in total. The molecule has 1 rings (SSSR count). The van der Waals surface area contributed by atoms with Gasteiger partial charge < -0.3 is 10.6 Å². The Balaban J connectivity index is 2.66. The molecule has 1 heterocycles. The third-order valence-electron chi connectivity index (χ3n) is 2.45. The van der Waals surface area contributed by atoms with Gasteiger partial charge >= 0.3 is 0 Å². The van der Waals surface area contributed by atoms with Crippen molar-refractivity contribution in [2.45, 2.75) is 39.7 Å². The number of nitrogens with zero attached hydrogens (tertiary/aromatic N) is 2. The van der Waals surface area contributed by atoms with E-state index in [0.717, 1.165) is 23.2 Å². The van der Waals surface area contributed by atoms with E-state index in [1.54, 1.807) is 11.3 Å². The van der Waals surface area contributed by atoms with Crippen molar-refractivity contribution in [2.75, 3.05) is 13.1 Å². The lowest BCUT2D eigenvalue weighted by Gasteiger charge is -2.14. The van der Waals surface area contributed by atoms with Crippen LogP contribution in [-0.2, 0) is 12.0 Å². The smallest absolute Gasteiger partial charge is 0.191 e.